The first-order valence-electron chi connectivity index (χ1n) is 7.28. The number of hydrogen-bond acceptors (Lipinski definition) is 3. The molecule has 2 N–H and O–H groups in total. The van der Waals surface area contributed by atoms with E-state index in [-0.39, 0.29) is 23.9 Å². The maximum atomic E-state index is 12.3. The molecule has 3 atom stereocenters. The predicted octanol–water partition coefficient (Wildman–Crippen LogP) is 1.51. The second kappa shape index (κ2) is 5.64. The Morgan fingerprint density at radius 1 is 1.30 bits per heavy atom. The summed E-state index contributed by atoms with van der Waals surface area (Å²) in [4.78, 5) is 12.3. The summed E-state index contributed by atoms with van der Waals surface area (Å²) in [5.74, 6) is 0.0153. The van der Waals surface area contributed by atoms with Crippen molar-refractivity contribution in [1.29, 1.82) is 5.26 Å². The molecule has 1 fully saturated rings. The normalized spacial score (nSPS) is 28.4. The molecule has 0 saturated heterocycles. The van der Waals surface area contributed by atoms with Crippen molar-refractivity contribution in [1.82, 2.24) is 10.6 Å². The summed E-state index contributed by atoms with van der Waals surface area (Å²) >= 11 is 0. The number of carbonyl (C=O) groups is 1. The lowest BCUT2D eigenvalue weighted by atomic mass is 9.95. The van der Waals surface area contributed by atoms with Crippen LogP contribution in [-0.2, 0) is 17.8 Å². The Morgan fingerprint density at radius 2 is 2.10 bits per heavy atom. The first kappa shape index (κ1) is 13.1. The number of benzene rings is 1. The number of nitrogens with one attached hydrogen (secondary N) is 2. The van der Waals surface area contributed by atoms with E-state index in [4.69, 9.17) is 5.26 Å². The highest BCUT2D eigenvalue weighted by molar-refractivity contribution is 5.82. The van der Waals surface area contributed by atoms with Gasteiger partial charge in [0.15, 0.2) is 0 Å². The van der Waals surface area contributed by atoms with Crippen LogP contribution >= 0.6 is 0 Å². The first-order chi connectivity index (χ1) is 9.78. The van der Waals surface area contributed by atoms with Crippen molar-refractivity contribution in [3.05, 3.63) is 35.4 Å². The topological polar surface area (TPSA) is 64.9 Å². The van der Waals surface area contributed by atoms with Crippen LogP contribution in [-0.4, -0.2) is 18.0 Å². The maximum Gasteiger partial charge on any atom is 0.237 e. The molecule has 0 aromatic heterocycles. The number of hydrogen-bond donors (Lipinski definition) is 2. The van der Waals surface area contributed by atoms with E-state index in [1.54, 1.807) is 0 Å². The van der Waals surface area contributed by atoms with Gasteiger partial charge in [-0.2, -0.15) is 5.26 Å². The summed E-state index contributed by atoms with van der Waals surface area (Å²) < 4.78 is 0. The highest BCUT2D eigenvalue weighted by Crippen LogP contribution is 2.25. The smallest absolute Gasteiger partial charge is 0.237 e. The average Bonchev–Trinajstić information content (AvgIpc) is 2.94. The van der Waals surface area contributed by atoms with Gasteiger partial charge in [-0.1, -0.05) is 24.3 Å². The molecule has 104 valence electrons. The van der Waals surface area contributed by atoms with Crippen molar-refractivity contribution >= 4 is 5.91 Å². The van der Waals surface area contributed by atoms with Gasteiger partial charge < -0.3 is 10.6 Å². The molecule has 1 aliphatic carbocycles. The Balaban J connectivity index is 1.63. The van der Waals surface area contributed by atoms with Gasteiger partial charge >= 0.3 is 0 Å². The number of carbonyl (C=O) groups excluding carboxylic acids is 1. The Bertz CT molecular complexity index is 549. The lowest BCUT2D eigenvalue weighted by molar-refractivity contribution is -0.124. The van der Waals surface area contributed by atoms with Crippen LogP contribution in [0.15, 0.2) is 24.3 Å². The summed E-state index contributed by atoms with van der Waals surface area (Å²) in [5, 5.41) is 15.4. The zero-order valence-corrected chi connectivity index (χ0v) is 11.4. The third kappa shape index (κ3) is 2.54. The third-order valence-electron chi connectivity index (χ3n) is 4.41. The first-order valence-corrected chi connectivity index (χ1v) is 7.28. The summed E-state index contributed by atoms with van der Waals surface area (Å²) in [5.41, 5.74) is 2.52. The summed E-state index contributed by atoms with van der Waals surface area (Å²) in [6.45, 7) is 0.737. The van der Waals surface area contributed by atoms with Gasteiger partial charge in [0.25, 0.3) is 0 Å². The molecule has 0 bridgehead atoms. The molecule has 1 amide bonds. The van der Waals surface area contributed by atoms with Crippen LogP contribution in [0.3, 0.4) is 0 Å². The van der Waals surface area contributed by atoms with Gasteiger partial charge in [-0.25, -0.2) is 0 Å². The monoisotopic (exact) mass is 269 g/mol. The minimum Gasteiger partial charge on any atom is -0.351 e. The molecule has 2 aliphatic rings. The number of amides is 1. The van der Waals surface area contributed by atoms with Crippen LogP contribution < -0.4 is 10.6 Å². The van der Waals surface area contributed by atoms with Gasteiger partial charge in [-0.15, -0.1) is 0 Å². The molecular weight excluding hydrogens is 250 g/mol. The van der Waals surface area contributed by atoms with Crippen LogP contribution in [0.5, 0.6) is 0 Å². The molecule has 0 spiro atoms. The average molecular weight is 269 g/mol. The standard InChI is InChI=1S/C16H19N3O/c17-9-12-6-3-7-14(12)19-16(20)15-8-11-4-1-2-5-13(11)10-18-15/h1-2,4-5,12,14-15,18H,3,6-8,10H2,(H,19,20). The van der Waals surface area contributed by atoms with E-state index in [0.29, 0.717) is 0 Å². The molecular formula is C16H19N3O. The molecule has 0 radical (unpaired) electrons. The quantitative estimate of drug-likeness (QED) is 0.855. The van der Waals surface area contributed by atoms with E-state index in [1.165, 1.54) is 11.1 Å². The Kier molecular flexibility index (Phi) is 3.70. The molecule has 1 aromatic carbocycles. The van der Waals surface area contributed by atoms with Crippen LogP contribution in [0, 0.1) is 17.2 Å². The lowest BCUT2D eigenvalue weighted by Crippen LogP contribution is -2.51. The molecule has 1 aromatic rings. The van der Waals surface area contributed by atoms with E-state index in [1.807, 2.05) is 12.1 Å². The predicted molar refractivity (Wildman–Crippen MR) is 75.7 cm³/mol. The molecule has 3 unspecified atom stereocenters. The largest absolute Gasteiger partial charge is 0.351 e. The van der Waals surface area contributed by atoms with Gasteiger partial charge in [0.1, 0.15) is 0 Å². The number of nitrogens with zero attached hydrogens (tertiary/aromatic N) is 1. The molecule has 1 aliphatic heterocycles. The van der Waals surface area contributed by atoms with Gasteiger partial charge in [-0.3, -0.25) is 4.79 Å². The van der Waals surface area contributed by atoms with Crippen molar-refractivity contribution in [3.63, 3.8) is 0 Å². The van der Waals surface area contributed by atoms with Crippen molar-refractivity contribution < 1.29 is 4.79 Å². The Morgan fingerprint density at radius 3 is 2.90 bits per heavy atom. The third-order valence-corrected chi connectivity index (χ3v) is 4.41. The van der Waals surface area contributed by atoms with Gasteiger partial charge in [-0.05, 0) is 36.8 Å². The van der Waals surface area contributed by atoms with Crippen LogP contribution in [0.1, 0.15) is 30.4 Å². The van der Waals surface area contributed by atoms with Crippen molar-refractivity contribution in [3.8, 4) is 6.07 Å². The van der Waals surface area contributed by atoms with Gasteiger partial charge in [0.2, 0.25) is 5.91 Å². The van der Waals surface area contributed by atoms with E-state index >= 15 is 0 Å². The highest BCUT2D eigenvalue weighted by Gasteiger charge is 2.31. The van der Waals surface area contributed by atoms with Crippen LogP contribution in [0.25, 0.3) is 0 Å². The molecule has 3 rings (SSSR count). The van der Waals surface area contributed by atoms with Crippen LogP contribution in [0.4, 0.5) is 0 Å². The van der Waals surface area contributed by atoms with Crippen LogP contribution in [0.2, 0.25) is 0 Å². The Hall–Kier alpha value is -1.86. The fourth-order valence-corrected chi connectivity index (χ4v) is 3.21. The molecule has 4 nitrogen and oxygen atoms in total. The van der Waals surface area contributed by atoms with E-state index in [9.17, 15) is 4.79 Å². The Labute approximate surface area is 119 Å². The fourth-order valence-electron chi connectivity index (χ4n) is 3.21. The summed E-state index contributed by atoms with van der Waals surface area (Å²) in [6, 6.07) is 10.4. The second-order valence-corrected chi connectivity index (χ2v) is 5.69. The highest BCUT2D eigenvalue weighted by atomic mass is 16.2. The molecule has 1 heterocycles. The maximum absolute atomic E-state index is 12.3. The zero-order valence-electron chi connectivity index (χ0n) is 11.4. The fraction of sp³-hybridized carbons (Fsp3) is 0.500. The molecule has 4 heteroatoms. The zero-order chi connectivity index (χ0) is 13.9. The lowest BCUT2D eigenvalue weighted by Gasteiger charge is -2.27. The number of fused-ring (bicyclic) bond motifs is 1. The summed E-state index contributed by atoms with van der Waals surface area (Å²) in [6.07, 6.45) is 3.59. The number of nitriles is 1. The SMILES string of the molecule is N#CC1CCCC1NC(=O)C1Cc2ccccc2CN1. The molecule has 20 heavy (non-hydrogen) atoms. The van der Waals surface area contributed by atoms with E-state index in [2.05, 4.69) is 28.8 Å². The van der Waals surface area contributed by atoms with E-state index in [0.717, 1.165) is 32.2 Å². The van der Waals surface area contributed by atoms with Gasteiger partial charge in [0, 0.05) is 12.6 Å². The second-order valence-electron chi connectivity index (χ2n) is 5.69. The minimum atomic E-state index is -0.176. The minimum absolute atomic E-state index is 0.0187. The van der Waals surface area contributed by atoms with Crippen molar-refractivity contribution in [2.24, 2.45) is 5.92 Å². The summed E-state index contributed by atoms with van der Waals surface area (Å²) in [7, 11) is 0. The molecule has 1 saturated carbocycles. The van der Waals surface area contributed by atoms with E-state index < -0.39 is 0 Å². The van der Waals surface area contributed by atoms with Crippen molar-refractivity contribution in [2.45, 2.75) is 44.3 Å². The van der Waals surface area contributed by atoms with Crippen molar-refractivity contribution in [2.75, 3.05) is 0 Å². The number of rotatable bonds is 2. The van der Waals surface area contributed by atoms with Gasteiger partial charge in [0.05, 0.1) is 18.0 Å².